The standard InChI is InChI=1S/C64H36N6/c65-37-41-36-58(70-56-34-28-40-16-8-10-22-46(40)60(56)52-32-30-50-48-24-12-14-26-54(48)68(62(50)64(52)70)44-19-5-2-6-20-44)42(38-66)35-57(41)69-55-33-27-39-15-7-9-21-45(39)59(55)51-31-29-49-47-23-11-13-25-53(47)67(61(49)63(51)69)43-17-3-1-4-18-43/h1-36H. The molecular formula is C64H36N6. The molecule has 0 fully saturated rings. The lowest BCUT2D eigenvalue weighted by atomic mass is 10.0. The molecule has 0 N–H and O–H groups in total. The monoisotopic (exact) mass is 888 g/mol. The van der Waals surface area contributed by atoms with Crippen LogP contribution in [0.15, 0.2) is 218 Å². The quantitative estimate of drug-likeness (QED) is 0.177. The SMILES string of the molecule is N#Cc1cc(-n2c3ccc4ccccc4c3c3ccc4c5ccccc5n(-c5ccccc5)c4c32)c(C#N)cc1-n1c2ccc3ccccc3c2c2ccc3c4ccccc4n(-c4ccccc4)c3c21. The Labute approximate surface area is 400 Å². The lowest BCUT2D eigenvalue weighted by molar-refractivity contribution is 1.11. The number of aromatic nitrogens is 4. The van der Waals surface area contributed by atoms with Crippen molar-refractivity contribution in [1.29, 1.82) is 10.5 Å². The Morgan fingerprint density at radius 2 is 0.629 bits per heavy atom. The number of hydrogen-bond acceptors (Lipinski definition) is 2. The van der Waals surface area contributed by atoms with E-state index < -0.39 is 0 Å². The highest BCUT2D eigenvalue weighted by Gasteiger charge is 2.27. The van der Waals surface area contributed by atoms with Gasteiger partial charge >= 0.3 is 0 Å². The van der Waals surface area contributed by atoms with Gasteiger partial charge in [0, 0.05) is 54.5 Å². The molecule has 11 aromatic carbocycles. The molecule has 0 radical (unpaired) electrons. The maximum atomic E-state index is 11.6. The second-order valence-corrected chi connectivity index (χ2v) is 18.2. The van der Waals surface area contributed by atoms with Crippen LogP contribution in [0.1, 0.15) is 11.1 Å². The molecule has 0 saturated heterocycles. The molecule has 0 unspecified atom stereocenters. The number of fused-ring (bicyclic) bond motifs is 18. The molecule has 4 aromatic heterocycles. The van der Waals surface area contributed by atoms with Gasteiger partial charge in [0.1, 0.15) is 12.1 Å². The molecule has 4 heterocycles. The second-order valence-electron chi connectivity index (χ2n) is 18.2. The fraction of sp³-hybridized carbons (Fsp3) is 0. The van der Waals surface area contributed by atoms with Crippen molar-refractivity contribution in [2.45, 2.75) is 0 Å². The molecule has 0 atom stereocenters. The Kier molecular flexibility index (Phi) is 7.82. The van der Waals surface area contributed by atoms with Crippen molar-refractivity contribution in [3.8, 4) is 34.9 Å². The van der Waals surface area contributed by atoms with Crippen molar-refractivity contribution in [2.24, 2.45) is 0 Å². The first-order chi connectivity index (χ1) is 34.7. The smallest absolute Gasteiger partial charge is 0.101 e. The minimum absolute atomic E-state index is 0.451. The summed E-state index contributed by atoms with van der Waals surface area (Å²) in [5.41, 5.74) is 12.3. The third kappa shape index (κ3) is 5.03. The fourth-order valence-corrected chi connectivity index (χ4v) is 12.0. The van der Waals surface area contributed by atoms with Gasteiger partial charge in [-0.1, -0.05) is 158 Å². The molecule has 0 spiro atoms. The fourth-order valence-electron chi connectivity index (χ4n) is 12.0. The normalized spacial score (nSPS) is 12.0. The van der Waals surface area contributed by atoms with E-state index in [1.807, 2.05) is 24.3 Å². The van der Waals surface area contributed by atoms with Gasteiger partial charge in [0.25, 0.3) is 0 Å². The summed E-state index contributed by atoms with van der Waals surface area (Å²) in [5.74, 6) is 0. The molecule has 6 nitrogen and oxygen atoms in total. The van der Waals surface area contributed by atoms with Crippen molar-refractivity contribution in [3.05, 3.63) is 230 Å². The van der Waals surface area contributed by atoms with E-state index in [2.05, 4.69) is 225 Å². The molecule has 70 heavy (non-hydrogen) atoms. The predicted molar refractivity (Wildman–Crippen MR) is 288 cm³/mol. The number of para-hydroxylation sites is 4. The zero-order valence-corrected chi connectivity index (χ0v) is 37.5. The van der Waals surface area contributed by atoms with Crippen LogP contribution in [-0.2, 0) is 0 Å². The summed E-state index contributed by atoms with van der Waals surface area (Å²) in [6.07, 6.45) is 0. The number of hydrogen-bond donors (Lipinski definition) is 0. The second kappa shape index (κ2) is 14.3. The zero-order valence-electron chi connectivity index (χ0n) is 37.5. The predicted octanol–water partition coefficient (Wildman–Crippen LogP) is 16.1. The van der Waals surface area contributed by atoms with Crippen LogP contribution in [0, 0.1) is 22.7 Å². The van der Waals surface area contributed by atoms with E-state index in [1.54, 1.807) is 0 Å². The van der Waals surface area contributed by atoms with E-state index in [-0.39, 0.29) is 0 Å². The zero-order chi connectivity index (χ0) is 46.2. The Morgan fingerprint density at radius 1 is 0.271 bits per heavy atom. The highest BCUT2D eigenvalue weighted by molar-refractivity contribution is 6.30. The molecule has 0 aliphatic rings. The van der Waals surface area contributed by atoms with E-state index >= 15 is 0 Å². The van der Waals surface area contributed by atoms with Crippen LogP contribution in [0.4, 0.5) is 0 Å². The number of nitriles is 2. The number of rotatable bonds is 4. The van der Waals surface area contributed by atoms with Crippen LogP contribution in [0.3, 0.4) is 0 Å². The molecular weight excluding hydrogens is 853 g/mol. The van der Waals surface area contributed by atoms with Gasteiger partial charge in [-0.3, -0.25) is 0 Å². The summed E-state index contributed by atoms with van der Waals surface area (Å²) in [7, 11) is 0. The van der Waals surface area contributed by atoms with Crippen molar-refractivity contribution in [3.63, 3.8) is 0 Å². The highest BCUT2D eigenvalue weighted by atomic mass is 15.1. The van der Waals surface area contributed by atoms with Gasteiger partial charge in [-0.05, 0) is 82.2 Å². The van der Waals surface area contributed by atoms with Gasteiger partial charge in [0.2, 0.25) is 0 Å². The Balaban J connectivity index is 1.12. The van der Waals surface area contributed by atoms with Crippen molar-refractivity contribution >= 4 is 109 Å². The molecule has 15 rings (SSSR count). The Bertz CT molecular complexity index is 4530. The minimum Gasteiger partial charge on any atom is -0.307 e. The van der Waals surface area contributed by atoms with Crippen molar-refractivity contribution in [1.82, 2.24) is 18.3 Å². The molecule has 0 saturated carbocycles. The van der Waals surface area contributed by atoms with Gasteiger partial charge in [0.05, 0.1) is 66.6 Å². The molecule has 0 aliphatic heterocycles. The summed E-state index contributed by atoms with van der Waals surface area (Å²) < 4.78 is 9.23. The summed E-state index contributed by atoms with van der Waals surface area (Å²) in [6.45, 7) is 0. The van der Waals surface area contributed by atoms with Crippen LogP contribution in [0.5, 0.6) is 0 Å². The first-order valence-corrected chi connectivity index (χ1v) is 23.6. The average Bonchev–Trinajstić information content (AvgIpc) is 4.16. The summed E-state index contributed by atoms with van der Waals surface area (Å²) in [5, 5.41) is 36.6. The third-order valence-corrected chi connectivity index (χ3v) is 14.8. The highest BCUT2D eigenvalue weighted by Crippen LogP contribution is 2.47. The van der Waals surface area contributed by atoms with Crippen LogP contribution < -0.4 is 0 Å². The minimum atomic E-state index is 0.451. The maximum absolute atomic E-state index is 11.6. The average molecular weight is 889 g/mol. The van der Waals surface area contributed by atoms with Crippen LogP contribution in [0.2, 0.25) is 0 Å². The maximum Gasteiger partial charge on any atom is 0.101 e. The van der Waals surface area contributed by atoms with Gasteiger partial charge < -0.3 is 18.3 Å². The van der Waals surface area contributed by atoms with E-state index in [0.29, 0.717) is 22.5 Å². The summed E-state index contributed by atoms with van der Waals surface area (Å²) >= 11 is 0. The Hall–Kier alpha value is -9.88. The van der Waals surface area contributed by atoms with E-state index in [0.717, 1.165) is 120 Å². The first kappa shape index (κ1) is 38.2. The third-order valence-electron chi connectivity index (χ3n) is 14.8. The van der Waals surface area contributed by atoms with Gasteiger partial charge in [-0.25, -0.2) is 0 Å². The molecule has 6 heteroatoms. The van der Waals surface area contributed by atoms with Gasteiger partial charge in [-0.15, -0.1) is 0 Å². The van der Waals surface area contributed by atoms with E-state index in [4.69, 9.17) is 0 Å². The number of benzene rings is 11. The Morgan fingerprint density at radius 3 is 1.06 bits per heavy atom. The van der Waals surface area contributed by atoms with Crippen LogP contribution >= 0.6 is 0 Å². The van der Waals surface area contributed by atoms with E-state index in [9.17, 15) is 10.5 Å². The number of nitrogens with zero attached hydrogens (tertiary/aromatic N) is 6. The summed E-state index contributed by atoms with van der Waals surface area (Å²) in [4.78, 5) is 0. The van der Waals surface area contributed by atoms with Gasteiger partial charge in [-0.2, -0.15) is 10.5 Å². The molecule has 322 valence electrons. The van der Waals surface area contributed by atoms with Crippen molar-refractivity contribution in [2.75, 3.05) is 0 Å². The summed E-state index contributed by atoms with van der Waals surface area (Å²) in [6, 6.07) is 82.2. The molecule has 0 amide bonds. The lowest BCUT2D eigenvalue weighted by Gasteiger charge is -2.17. The largest absolute Gasteiger partial charge is 0.307 e. The van der Waals surface area contributed by atoms with Crippen molar-refractivity contribution < 1.29 is 0 Å². The van der Waals surface area contributed by atoms with E-state index in [1.165, 1.54) is 0 Å². The lowest BCUT2D eigenvalue weighted by Crippen LogP contribution is -2.05. The first-order valence-electron chi connectivity index (χ1n) is 23.6. The van der Waals surface area contributed by atoms with Gasteiger partial charge in [0.15, 0.2) is 0 Å². The van der Waals surface area contributed by atoms with Crippen LogP contribution in [-0.4, -0.2) is 18.3 Å². The molecule has 0 bridgehead atoms. The molecule has 0 aliphatic carbocycles. The van der Waals surface area contributed by atoms with Crippen LogP contribution in [0.25, 0.3) is 132 Å². The topological polar surface area (TPSA) is 67.3 Å². The molecule has 15 aromatic rings.